The lowest BCUT2D eigenvalue weighted by Gasteiger charge is -2.29. The maximum atomic E-state index is 12.8. The van der Waals surface area contributed by atoms with Crippen molar-refractivity contribution in [2.45, 2.75) is 30.5 Å². The van der Waals surface area contributed by atoms with Crippen molar-refractivity contribution in [2.75, 3.05) is 4.72 Å². The molecule has 0 bridgehead atoms. The van der Waals surface area contributed by atoms with Gasteiger partial charge in [0.15, 0.2) is 0 Å². The van der Waals surface area contributed by atoms with Crippen LogP contribution in [0.2, 0.25) is 0 Å². The maximum Gasteiger partial charge on any atom is 0.295 e. The molecule has 1 saturated heterocycles. The Labute approximate surface area is 177 Å². The Kier molecular flexibility index (Phi) is 4.33. The number of para-hydroxylation sites is 1. The van der Waals surface area contributed by atoms with Gasteiger partial charge in [0.05, 0.1) is 0 Å². The fourth-order valence-corrected chi connectivity index (χ4v) is 4.95. The standard InChI is InChI=1S/C21H17N3O6S/c25-18-8-7-16(20(26)22-18)24-11-13-9-14(5-6-15(13)21(24)27)23-31(28,29)19-10-12-3-1-2-4-17(12)30-19/h1-6,9-10,16,23H,7-8,11H2,(H,22,25,26). The molecule has 158 valence electrons. The molecule has 3 amide bonds. The third-order valence-electron chi connectivity index (χ3n) is 5.44. The van der Waals surface area contributed by atoms with Crippen LogP contribution in [-0.4, -0.2) is 37.1 Å². The van der Waals surface area contributed by atoms with Crippen molar-refractivity contribution in [2.24, 2.45) is 0 Å². The Morgan fingerprint density at radius 1 is 1.06 bits per heavy atom. The van der Waals surface area contributed by atoms with E-state index in [0.717, 1.165) is 0 Å². The number of hydrogen-bond acceptors (Lipinski definition) is 6. The van der Waals surface area contributed by atoms with E-state index in [1.807, 2.05) is 0 Å². The summed E-state index contributed by atoms with van der Waals surface area (Å²) < 4.78 is 33.4. The molecule has 0 aliphatic carbocycles. The summed E-state index contributed by atoms with van der Waals surface area (Å²) in [6.45, 7) is 0.153. The second kappa shape index (κ2) is 6.95. The van der Waals surface area contributed by atoms with Crippen LogP contribution in [0.5, 0.6) is 0 Å². The molecule has 0 radical (unpaired) electrons. The van der Waals surface area contributed by atoms with Crippen molar-refractivity contribution in [3.8, 4) is 0 Å². The van der Waals surface area contributed by atoms with E-state index in [1.165, 1.54) is 23.1 Å². The Morgan fingerprint density at radius 2 is 1.87 bits per heavy atom. The molecule has 3 heterocycles. The number of carbonyl (C=O) groups excluding carboxylic acids is 3. The predicted molar refractivity (Wildman–Crippen MR) is 110 cm³/mol. The molecular weight excluding hydrogens is 422 g/mol. The number of anilines is 1. The Bertz CT molecular complexity index is 1330. The average Bonchev–Trinajstić information content (AvgIpc) is 3.30. The minimum absolute atomic E-state index is 0.153. The highest BCUT2D eigenvalue weighted by molar-refractivity contribution is 7.92. The van der Waals surface area contributed by atoms with Gasteiger partial charge in [-0.3, -0.25) is 24.4 Å². The number of sulfonamides is 1. The monoisotopic (exact) mass is 439 g/mol. The second-order valence-corrected chi connectivity index (χ2v) is 9.09. The number of nitrogens with one attached hydrogen (secondary N) is 2. The first-order valence-corrected chi connectivity index (χ1v) is 11.1. The lowest BCUT2D eigenvalue weighted by atomic mass is 10.0. The Balaban J connectivity index is 1.39. The van der Waals surface area contributed by atoms with Crippen molar-refractivity contribution < 1.29 is 27.2 Å². The van der Waals surface area contributed by atoms with Gasteiger partial charge in [0.1, 0.15) is 11.6 Å². The molecule has 9 nitrogen and oxygen atoms in total. The molecule has 2 aliphatic rings. The molecular formula is C21H17N3O6S. The first-order valence-electron chi connectivity index (χ1n) is 9.61. The highest BCUT2D eigenvalue weighted by Gasteiger charge is 2.39. The zero-order valence-corrected chi connectivity index (χ0v) is 16.9. The molecule has 0 saturated carbocycles. The van der Waals surface area contributed by atoms with E-state index in [1.54, 1.807) is 30.3 Å². The highest BCUT2D eigenvalue weighted by atomic mass is 32.2. The minimum atomic E-state index is -3.97. The van der Waals surface area contributed by atoms with Crippen molar-refractivity contribution in [3.63, 3.8) is 0 Å². The lowest BCUT2D eigenvalue weighted by Crippen LogP contribution is -2.52. The number of carbonyl (C=O) groups is 3. The van der Waals surface area contributed by atoms with Gasteiger partial charge in [-0.05, 0) is 36.2 Å². The van der Waals surface area contributed by atoms with Gasteiger partial charge in [0, 0.05) is 35.7 Å². The Hall–Kier alpha value is -3.66. The van der Waals surface area contributed by atoms with Gasteiger partial charge < -0.3 is 9.32 Å². The summed E-state index contributed by atoms with van der Waals surface area (Å²) in [7, 11) is -3.97. The highest BCUT2D eigenvalue weighted by Crippen LogP contribution is 2.31. The number of amides is 3. The predicted octanol–water partition coefficient (Wildman–Crippen LogP) is 1.99. The summed E-state index contributed by atoms with van der Waals surface area (Å²) in [6.07, 6.45) is 0.426. The van der Waals surface area contributed by atoms with E-state index >= 15 is 0 Å². The summed E-state index contributed by atoms with van der Waals surface area (Å²) >= 11 is 0. The van der Waals surface area contributed by atoms with Gasteiger partial charge >= 0.3 is 0 Å². The van der Waals surface area contributed by atoms with Crippen molar-refractivity contribution >= 4 is 44.4 Å². The number of nitrogens with zero attached hydrogens (tertiary/aromatic N) is 1. The van der Waals surface area contributed by atoms with Gasteiger partial charge in [-0.25, -0.2) is 0 Å². The van der Waals surface area contributed by atoms with Gasteiger partial charge in [-0.2, -0.15) is 8.42 Å². The van der Waals surface area contributed by atoms with Crippen LogP contribution in [0.3, 0.4) is 0 Å². The van der Waals surface area contributed by atoms with E-state index in [0.29, 0.717) is 22.1 Å². The SMILES string of the molecule is O=C1CCC(N2Cc3cc(NS(=O)(=O)c4cc5ccccc5o4)ccc3C2=O)C(=O)N1. The molecule has 31 heavy (non-hydrogen) atoms. The molecule has 1 fully saturated rings. The van der Waals surface area contributed by atoms with Crippen molar-refractivity contribution in [1.82, 2.24) is 10.2 Å². The normalized spacial score (nSPS) is 18.9. The molecule has 10 heteroatoms. The van der Waals surface area contributed by atoms with E-state index in [9.17, 15) is 22.8 Å². The molecule has 5 rings (SSSR count). The molecule has 3 aromatic rings. The average molecular weight is 439 g/mol. The molecule has 2 N–H and O–H groups in total. The van der Waals surface area contributed by atoms with Crippen LogP contribution in [0, 0.1) is 0 Å². The fourth-order valence-electron chi connectivity index (χ4n) is 3.93. The van der Waals surface area contributed by atoms with E-state index in [-0.39, 0.29) is 42.0 Å². The number of imide groups is 1. The van der Waals surface area contributed by atoms with Gasteiger partial charge in [0.2, 0.25) is 16.9 Å². The summed E-state index contributed by atoms with van der Waals surface area (Å²) in [5.41, 5.74) is 1.73. The first-order chi connectivity index (χ1) is 14.8. The molecule has 0 spiro atoms. The fraction of sp³-hybridized carbons (Fsp3) is 0.190. The zero-order chi connectivity index (χ0) is 21.8. The van der Waals surface area contributed by atoms with Gasteiger partial charge in [-0.15, -0.1) is 0 Å². The van der Waals surface area contributed by atoms with Crippen molar-refractivity contribution in [3.05, 3.63) is 59.7 Å². The largest absolute Gasteiger partial charge is 0.443 e. The smallest absolute Gasteiger partial charge is 0.295 e. The second-order valence-electron chi connectivity index (χ2n) is 7.48. The number of rotatable bonds is 4. The zero-order valence-electron chi connectivity index (χ0n) is 16.1. The Morgan fingerprint density at radius 3 is 2.65 bits per heavy atom. The van der Waals surface area contributed by atoms with Crippen LogP contribution in [0.4, 0.5) is 5.69 Å². The van der Waals surface area contributed by atoms with Crippen LogP contribution < -0.4 is 10.0 Å². The number of piperidine rings is 1. The van der Waals surface area contributed by atoms with Crippen LogP contribution in [-0.2, 0) is 26.2 Å². The van der Waals surface area contributed by atoms with Crippen LogP contribution in [0.25, 0.3) is 11.0 Å². The summed E-state index contributed by atoms with van der Waals surface area (Å²) in [5.74, 6) is -1.17. The lowest BCUT2D eigenvalue weighted by molar-refractivity contribution is -0.136. The van der Waals surface area contributed by atoms with Crippen molar-refractivity contribution in [1.29, 1.82) is 0 Å². The van der Waals surface area contributed by atoms with Gasteiger partial charge in [-0.1, -0.05) is 18.2 Å². The molecule has 2 aromatic carbocycles. The van der Waals surface area contributed by atoms with Crippen LogP contribution >= 0.6 is 0 Å². The molecule has 2 aliphatic heterocycles. The number of benzene rings is 2. The summed E-state index contributed by atoms with van der Waals surface area (Å²) in [5, 5.41) is 2.71. The summed E-state index contributed by atoms with van der Waals surface area (Å²) in [4.78, 5) is 37.7. The minimum Gasteiger partial charge on any atom is -0.443 e. The van der Waals surface area contributed by atoms with Gasteiger partial charge in [0.25, 0.3) is 15.9 Å². The third kappa shape index (κ3) is 3.34. The van der Waals surface area contributed by atoms with Crippen LogP contribution in [0.15, 0.2) is 58.0 Å². The third-order valence-corrected chi connectivity index (χ3v) is 6.68. The topological polar surface area (TPSA) is 126 Å². The number of hydrogen-bond donors (Lipinski definition) is 2. The molecule has 1 aromatic heterocycles. The number of furan rings is 1. The van der Waals surface area contributed by atoms with E-state index in [2.05, 4.69) is 10.0 Å². The maximum absolute atomic E-state index is 12.8. The molecule has 1 atom stereocenters. The van der Waals surface area contributed by atoms with E-state index < -0.39 is 22.0 Å². The molecule has 1 unspecified atom stereocenters. The quantitative estimate of drug-likeness (QED) is 0.599. The first kappa shape index (κ1) is 19.3. The van der Waals surface area contributed by atoms with Crippen LogP contribution in [0.1, 0.15) is 28.8 Å². The number of fused-ring (bicyclic) bond motifs is 2. The van der Waals surface area contributed by atoms with E-state index in [4.69, 9.17) is 4.42 Å². The summed E-state index contributed by atoms with van der Waals surface area (Å²) in [6, 6.07) is 12.3.